The second-order valence-corrected chi connectivity index (χ2v) is 7.33. The van der Waals surface area contributed by atoms with E-state index in [0.29, 0.717) is 0 Å². The van der Waals surface area contributed by atoms with Gasteiger partial charge in [0.15, 0.2) is 0 Å². The van der Waals surface area contributed by atoms with Gasteiger partial charge in [-0.1, -0.05) is 0 Å². The van der Waals surface area contributed by atoms with Gasteiger partial charge in [0.2, 0.25) is 0 Å². The van der Waals surface area contributed by atoms with Crippen molar-refractivity contribution in [3.8, 4) is 0 Å². The van der Waals surface area contributed by atoms with Gasteiger partial charge in [0.05, 0.1) is 12.6 Å². The molecule has 0 aromatic heterocycles. The summed E-state index contributed by atoms with van der Waals surface area (Å²) < 4.78 is 117. The summed E-state index contributed by atoms with van der Waals surface area (Å²) in [5, 5.41) is 0. The van der Waals surface area contributed by atoms with Gasteiger partial charge in [-0.15, -0.1) is 12.4 Å². The molecule has 1 unspecified atom stereocenters. The van der Waals surface area contributed by atoms with E-state index >= 15 is 0 Å². The molecule has 0 bridgehead atoms. The van der Waals surface area contributed by atoms with Crippen LogP contribution < -0.4 is 9.44 Å². The van der Waals surface area contributed by atoms with Crippen molar-refractivity contribution in [2.24, 2.45) is 0 Å². The van der Waals surface area contributed by atoms with Gasteiger partial charge < -0.3 is 9.53 Å². The smallest absolute Gasteiger partial charge is 0.380 e. The number of methoxy groups -OCH3 is 1. The number of halogens is 7. The van der Waals surface area contributed by atoms with Crippen LogP contribution in [-0.2, 0) is 29.6 Å². The number of ether oxygens (including phenoxy) is 1. The Labute approximate surface area is 145 Å². The zero-order valence-electron chi connectivity index (χ0n) is 12.5. The molecule has 0 aromatic rings. The molecule has 0 aliphatic rings. The Morgan fingerprint density at radius 2 is 1.32 bits per heavy atom. The third kappa shape index (κ3) is 11.5. The number of hydrogen-bond acceptors (Lipinski definition) is 6. The molecule has 154 valence electrons. The van der Waals surface area contributed by atoms with Crippen molar-refractivity contribution in [1.82, 2.24) is 9.44 Å². The largest absolute Gasteiger partial charge is 0.511 e. The van der Waals surface area contributed by atoms with E-state index in [2.05, 4.69) is 4.74 Å². The molecular weight excluding hydrogens is 434 g/mol. The first kappa shape index (κ1) is 29.1. The van der Waals surface area contributed by atoms with Gasteiger partial charge in [-0.3, -0.25) is 0 Å². The minimum Gasteiger partial charge on any atom is -0.380 e. The average Bonchev–Trinajstić information content (AvgIpc) is 2.40. The van der Waals surface area contributed by atoms with Crippen molar-refractivity contribution in [1.29, 1.82) is 0 Å². The van der Waals surface area contributed by atoms with Crippen LogP contribution in [0.15, 0.2) is 0 Å². The molecule has 0 amide bonds. The van der Waals surface area contributed by atoms with E-state index < -0.39 is 50.3 Å². The summed E-state index contributed by atoms with van der Waals surface area (Å²) in [6.07, 6.45) is -0.583. The molecule has 25 heavy (non-hydrogen) atoms. The molecule has 17 heteroatoms. The first-order valence-electron chi connectivity index (χ1n) is 5.60. The summed E-state index contributed by atoms with van der Waals surface area (Å²) in [6, 6.07) is 0. The first-order chi connectivity index (χ1) is 10.5. The molecule has 8 nitrogen and oxygen atoms in total. The highest BCUT2D eigenvalue weighted by Crippen LogP contribution is 2.21. The van der Waals surface area contributed by atoms with Crippen LogP contribution in [0.1, 0.15) is 6.92 Å². The highest BCUT2D eigenvalue weighted by Gasteiger charge is 2.46. The highest BCUT2D eigenvalue weighted by molar-refractivity contribution is 7.90. The molecule has 0 aliphatic heterocycles. The van der Waals surface area contributed by atoms with Gasteiger partial charge in [-0.25, -0.2) is 26.3 Å². The standard InChI is InChI=1S/C5H10F3NO3S.C3H4F3NO3S.ClH/c1-4(12-2)3-9-13(10,11)5(6,7)8;4-3(5,6)11(9,10)7-1-2-8;/h4,9H,3H2,1-2H3;2,7H,1H2;1H. The molecule has 0 spiro atoms. The van der Waals surface area contributed by atoms with Crippen LogP contribution >= 0.6 is 12.4 Å². The summed E-state index contributed by atoms with van der Waals surface area (Å²) in [5.41, 5.74) is -10.6. The number of carbonyl (C=O) groups excluding carboxylic acids is 1. The van der Waals surface area contributed by atoms with Crippen LogP contribution in [0.25, 0.3) is 0 Å². The fourth-order valence-corrected chi connectivity index (χ4v) is 1.69. The highest BCUT2D eigenvalue weighted by atomic mass is 35.5. The molecule has 0 aromatic carbocycles. The van der Waals surface area contributed by atoms with Crippen LogP contribution in [0.4, 0.5) is 26.3 Å². The van der Waals surface area contributed by atoms with Crippen molar-refractivity contribution < 1.29 is 52.7 Å². The second-order valence-electron chi connectivity index (χ2n) is 3.81. The van der Waals surface area contributed by atoms with Gasteiger partial charge in [0, 0.05) is 13.7 Å². The molecule has 0 saturated carbocycles. The van der Waals surface area contributed by atoms with E-state index in [9.17, 15) is 48.0 Å². The summed E-state index contributed by atoms with van der Waals surface area (Å²) in [5.74, 6) is 0. The molecule has 1 atom stereocenters. The fraction of sp³-hybridized carbons (Fsp3) is 0.875. The number of sulfonamides is 2. The maximum Gasteiger partial charge on any atom is 0.511 e. The molecule has 0 fully saturated rings. The fourth-order valence-electron chi connectivity index (χ4n) is 0.618. The zero-order valence-corrected chi connectivity index (χ0v) is 15.0. The molecule has 0 radical (unpaired) electrons. The van der Waals surface area contributed by atoms with Crippen molar-refractivity contribution in [2.75, 3.05) is 20.2 Å². The van der Waals surface area contributed by atoms with E-state index in [1.807, 2.05) is 0 Å². The van der Waals surface area contributed by atoms with E-state index in [4.69, 9.17) is 0 Å². The summed E-state index contributed by atoms with van der Waals surface area (Å²) in [7, 11) is -9.30. The number of alkyl halides is 6. The van der Waals surface area contributed by atoms with Gasteiger partial charge in [-0.05, 0) is 6.92 Å². The predicted octanol–water partition coefficient (Wildman–Crippen LogP) is 0.507. The van der Waals surface area contributed by atoms with Crippen molar-refractivity contribution in [3.63, 3.8) is 0 Å². The van der Waals surface area contributed by atoms with Gasteiger partial charge in [0.25, 0.3) is 0 Å². The lowest BCUT2D eigenvalue weighted by molar-refractivity contribution is -0.107. The number of hydrogen-bond donors (Lipinski definition) is 2. The molecule has 2 N–H and O–H groups in total. The van der Waals surface area contributed by atoms with Gasteiger partial charge in [-0.2, -0.15) is 26.3 Å². The Bertz CT molecular complexity index is 591. The Morgan fingerprint density at radius 1 is 0.960 bits per heavy atom. The lowest BCUT2D eigenvalue weighted by Crippen LogP contribution is -2.40. The first-order valence-corrected chi connectivity index (χ1v) is 8.56. The van der Waals surface area contributed by atoms with Crippen LogP contribution in [0, 0.1) is 0 Å². The van der Waals surface area contributed by atoms with Crippen molar-refractivity contribution in [2.45, 2.75) is 24.0 Å². The number of aldehydes is 1. The maximum atomic E-state index is 11.7. The molecule has 0 aliphatic carbocycles. The Morgan fingerprint density at radius 3 is 1.60 bits per heavy atom. The summed E-state index contributed by atoms with van der Waals surface area (Å²) in [4.78, 5) is 9.48. The molecule has 0 rings (SSSR count). The number of rotatable bonds is 7. The minimum atomic E-state index is -5.35. The van der Waals surface area contributed by atoms with Crippen molar-refractivity contribution >= 4 is 38.7 Å². The summed E-state index contributed by atoms with van der Waals surface area (Å²) in [6.45, 7) is 0.166. The topological polar surface area (TPSA) is 119 Å². The Kier molecular flexibility index (Phi) is 12.9. The van der Waals surface area contributed by atoms with Crippen LogP contribution in [0.3, 0.4) is 0 Å². The predicted molar refractivity (Wildman–Crippen MR) is 75.7 cm³/mol. The third-order valence-electron chi connectivity index (χ3n) is 1.93. The average molecular weight is 449 g/mol. The molecular formula is C8H15ClF6N2O6S2. The molecule has 0 heterocycles. The molecule has 0 saturated heterocycles. The van der Waals surface area contributed by atoms with E-state index in [1.165, 1.54) is 18.8 Å². The van der Waals surface area contributed by atoms with Crippen LogP contribution in [-0.4, -0.2) is 60.4 Å². The lowest BCUT2D eigenvalue weighted by Gasteiger charge is -2.12. The third-order valence-corrected chi connectivity index (χ3v) is 4.24. The lowest BCUT2D eigenvalue weighted by atomic mass is 10.4. The number of carbonyl (C=O) groups is 1. The monoisotopic (exact) mass is 448 g/mol. The van der Waals surface area contributed by atoms with Gasteiger partial charge in [0.1, 0.15) is 6.29 Å². The Hall–Kier alpha value is -0.680. The van der Waals surface area contributed by atoms with Crippen LogP contribution in [0.5, 0.6) is 0 Å². The van der Waals surface area contributed by atoms with E-state index in [1.54, 1.807) is 0 Å². The maximum absolute atomic E-state index is 11.7. The zero-order chi connectivity index (χ0) is 19.8. The normalized spacial score (nSPS) is 13.9. The minimum absolute atomic E-state index is 0. The van der Waals surface area contributed by atoms with Gasteiger partial charge >= 0.3 is 31.1 Å². The number of nitrogens with one attached hydrogen (secondary N) is 2. The van der Waals surface area contributed by atoms with Crippen molar-refractivity contribution in [3.05, 3.63) is 0 Å². The second kappa shape index (κ2) is 11.1. The SMILES string of the molecule is COC(C)CNS(=O)(=O)C(F)(F)F.Cl.O=CCNS(=O)(=O)C(F)(F)F. The quantitative estimate of drug-likeness (QED) is 0.432. The van der Waals surface area contributed by atoms with E-state index in [0.717, 1.165) is 4.72 Å². The van der Waals surface area contributed by atoms with E-state index in [-0.39, 0.29) is 18.7 Å². The van der Waals surface area contributed by atoms with Crippen LogP contribution in [0.2, 0.25) is 0 Å². The Balaban J connectivity index is -0.000000377. The summed E-state index contributed by atoms with van der Waals surface area (Å²) >= 11 is 0.